The number of aromatic nitrogens is 3. The van der Waals surface area contributed by atoms with E-state index < -0.39 is 5.41 Å². The van der Waals surface area contributed by atoms with Gasteiger partial charge in [0, 0.05) is 23.2 Å². The summed E-state index contributed by atoms with van der Waals surface area (Å²) >= 11 is 0. The van der Waals surface area contributed by atoms with E-state index in [4.69, 9.17) is 9.72 Å². The van der Waals surface area contributed by atoms with Gasteiger partial charge in [-0.2, -0.15) is 0 Å². The van der Waals surface area contributed by atoms with Gasteiger partial charge in [0.25, 0.3) is 0 Å². The van der Waals surface area contributed by atoms with Gasteiger partial charge in [0.15, 0.2) is 5.65 Å². The van der Waals surface area contributed by atoms with Gasteiger partial charge < -0.3 is 15.4 Å². The van der Waals surface area contributed by atoms with Crippen molar-refractivity contribution >= 4 is 29.0 Å². The summed E-state index contributed by atoms with van der Waals surface area (Å²) in [4.78, 5) is 28.7. The molecule has 0 spiro atoms. The second-order valence-corrected chi connectivity index (χ2v) is 9.42. The second-order valence-electron chi connectivity index (χ2n) is 9.42. The number of imidazole rings is 1. The number of aryl methyl sites for hydroxylation is 1. The van der Waals surface area contributed by atoms with Gasteiger partial charge in [-0.15, -0.1) is 5.10 Å². The molecule has 0 radical (unpaired) electrons. The molecule has 4 rings (SSSR count). The largest absolute Gasteiger partial charge is 0.465 e. The third-order valence-corrected chi connectivity index (χ3v) is 5.63. The predicted octanol–water partition coefficient (Wildman–Crippen LogP) is 5.09. The van der Waals surface area contributed by atoms with Crippen LogP contribution in [-0.4, -0.2) is 33.6 Å². The number of fused-ring (bicyclic) bond motifs is 1. The average Bonchev–Trinajstić information content (AvgIpc) is 3.26. The van der Waals surface area contributed by atoms with Crippen molar-refractivity contribution in [1.82, 2.24) is 14.6 Å². The zero-order chi connectivity index (χ0) is 25.2. The molecular weight excluding hydrogens is 442 g/mol. The van der Waals surface area contributed by atoms with E-state index in [1.165, 1.54) is 7.11 Å². The first-order chi connectivity index (χ1) is 16.6. The fourth-order valence-corrected chi connectivity index (χ4v) is 3.41. The van der Waals surface area contributed by atoms with Crippen LogP contribution in [0.15, 0.2) is 60.8 Å². The minimum absolute atomic E-state index is 0.0370. The Balaban J connectivity index is 1.50. The summed E-state index contributed by atoms with van der Waals surface area (Å²) in [5, 5.41) is 10.9. The minimum atomic E-state index is -0.484. The number of hydrogen-bond donors (Lipinski definition) is 2. The highest BCUT2D eigenvalue weighted by Crippen LogP contribution is 2.27. The molecule has 180 valence electrons. The quantitative estimate of drug-likeness (QED) is 0.380. The minimum Gasteiger partial charge on any atom is -0.465 e. The van der Waals surface area contributed by atoms with Crippen molar-refractivity contribution < 1.29 is 14.3 Å². The molecule has 2 aromatic carbocycles. The number of amides is 1. The van der Waals surface area contributed by atoms with Crippen LogP contribution in [0.5, 0.6) is 0 Å². The van der Waals surface area contributed by atoms with Crippen LogP contribution in [0, 0.1) is 12.3 Å². The van der Waals surface area contributed by atoms with Gasteiger partial charge in [-0.1, -0.05) is 45.0 Å². The molecule has 0 atom stereocenters. The first-order valence-electron chi connectivity index (χ1n) is 11.3. The lowest BCUT2D eigenvalue weighted by atomic mass is 9.95. The zero-order valence-electron chi connectivity index (χ0n) is 20.5. The highest BCUT2D eigenvalue weighted by Gasteiger charge is 2.22. The lowest BCUT2D eigenvalue weighted by molar-refractivity contribution is -0.123. The number of nitrogens with one attached hydrogen (secondary N) is 2. The maximum atomic E-state index is 12.5. The summed E-state index contributed by atoms with van der Waals surface area (Å²) in [5.41, 5.74) is 5.17. The molecule has 8 heteroatoms. The molecule has 0 saturated heterocycles. The van der Waals surface area contributed by atoms with Crippen molar-refractivity contribution in [3.05, 3.63) is 77.5 Å². The van der Waals surface area contributed by atoms with E-state index in [-0.39, 0.29) is 11.9 Å². The van der Waals surface area contributed by atoms with Gasteiger partial charge in [-0.3, -0.25) is 4.79 Å². The fourth-order valence-electron chi connectivity index (χ4n) is 3.41. The van der Waals surface area contributed by atoms with Crippen LogP contribution in [0.2, 0.25) is 0 Å². The fraction of sp³-hybridized carbons (Fsp3) is 0.259. The van der Waals surface area contributed by atoms with E-state index >= 15 is 0 Å². The molecule has 0 fully saturated rings. The van der Waals surface area contributed by atoms with Crippen molar-refractivity contribution in [2.45, 2.75) is 34.2 Å². The van der Waals surface area contributed by atoms with E-state index in [1.807, 2.05) is 76.4 Å². The van der Waals surface area contributed by atoms with Gasteiger partial charge in [0.2, 0.25) is 5.91 Å². The molecule has 0 aliphatic heterocycles. The number of methoxy groups -OCH3 is 1. The molecule has 2 aromatic heterocycles. The monoisotopic (exact) mass is 471 g/mol. The highest BCUT2D eigenvalue weighted by atomic mass is 16.5. The van der Waals surface area contributed by atoms with Crippen LogP contribution in [0.25, 0.3) is 16.9 Å². The normalized spacial score (nSPS) is 11.3. The Morgan fingerprint density at radius 3 is 2.46 bits per heavy atom. The molecule has 0 saturated carbocycles. The Morgan fingerprint density at radius 2 is 1.77 bits per heavy atom. The Hall–Kier alpha value is -4.20. The number of hydrogen-bond acceptors (Lipinski definition) is 6. The topological polar surface area (TPSA) is 97.6 Å². The van der Waals surface area contributed by atoms with Crippen molar-refractivity contribution in [3.8, 4) is 11.3 Å². The molecule has 0 aliphatic carbocycles. The number of esters is 1. The van der Waals surface area contributed by atoms with Gasteiger partial charge in [-0.05, 0) is 48.4 Å². The number of carbonyl (C=O) groups excluding carboxylic acids is 2. The molecule has 35 heavy (non-hydrogen) atoms. The molecule has 0 bridgehead atoms. The molecule has 2 heterocycles. The summed E-state index contributed by atoms with van der Waals surface area (Å²) in [6.45, 7) is 8.18. The Bertz CT molecular complexity index is 1380. The zero-order valence-corrected chi connectivity index (χ0v) is 20.5. The van der Waals surface area contributed by atoms with Gasteiger partial charge in [0.05, 0.1) is 24.6 Å². The van der Waals surface area contributed by atoms with Crippen LogP contribution < -0.4 is 10.6 Å². The highest BCUT2D eigenvalue weighted by molar-refractivity contribution is 5.95. The van der Waals surface area contributed by atoms with Crippen molar-refractivity contribution in [1.29, 1.82) is 0 Å². The van der Waals surface area contributed by atoms with E-state index in [2.05, 4.69) is 15.7 Å². The Morgan fingerprint density at radius 1 is 1.03 bits per heavy atom. The molecular formula is C27H29N5O3. The smallest absolute Gasteiger partial charge is 0.337 e. The van der Waals surface area contributed by atoms with Crippen molar-refractivity contribution in [3.63, 3.8) is 0 Å². The van der Waals surface area contributed by atoms with Crippen LogP contribution in [0.1, 0.15) is 42.3 Å². The van der Waals surface area contributed by atoms with Gasteiger partial charge >= 0.3 is 5.97 Å². The van der Waals surface area contributed by atoms with Gasteiger partial charge in [-0.25, -0.2) is 14.3 Å². The van der Waals surface area contributed by atoms with Crippen molar-refractivity contribution in [2.24, 2.45) is 5.41 Å². The molecule has 8 nitrogen and oxygen atoms in total. The summed E-state index contributed by atoms with van der Waals surface area (Å²) < 4.78 is 6.46. The number of benzene rings is 2. The van der Waals surface area contributed by atoms with Crippen LogP contribution in [0.4, 0.5) is 11.5 Å². The Kier molecular flexibility index (Phi) is 6.55. The SMILES string of the molecule is COC(=O)c1ccc(CNc2ccc3nc(-c4ccc(C)c(NC(=O)C(C)(C)C)c4)cn3n2)cc1. The van der Waals surface area contributed by atoms with Crippen LogP contribution >= 0.6 is 0 Å². The molecule has 0 aliphatic rings. The average molecular weight is 472 g/mol. The second kappa shape index (κ2) is 9.58. The number of anilines is 2. The number of nitrogens with zero attached hydrogens (tertiary/aromatic N) is 3. The van der Waals surface area contributed by atoms with Crippen molar-refractivity contribution in [2.75, 3.05) is 17.7 Å². The maximum Gasteiger partial charge on any atom is 0.337 e. The van der Waals surface area contributed by atoms with E-state index in [1.54, 1.807) is 16.6 Å². The summed E-state index contributed by atoms with van der Waals surface area (Å²) in [5.74, 6) is 0.301. The van der Waals surface area contributed by atoms with E-state index in [9.17, 15) is 9.59 Å². The maximum absolute atomic E-state index is 12.5. The van der Waals surface area contributed by atoms with E-state index in [0.717, 1.165) is 28.1 Å². The predicted molar refractivity (Wildman–Crippen MR) is 136 cm³/mol. The number of carbonyl (C=O) groups is 2. The Labute approximate surface area is 204 Å². The standard InChI is InChI=1S/C27H29N5O3/c1-17-6-9-20(14-21(17)30-26(34)27(2,3)4)22-16-32-24(29-22)13-12-23(31-32)28-15-18-7-10-19(11-8-18)25(33)35-5/h6-14,16H,15H2,1-5H3,(H,28,31)(H,30,34). The molecule has 0 unspecified atom stereocenters. The molecule has 4 aromatic rings. The molecule has 1 amide bonds. The number of ether oxygens (including phenoxy) is 1. The van der Waals surface area contributed by atoms with Crippen LogP contribution in [0.3, 0.4) is 0 Å². The number of rotatable bonds is 6. The summed E-state index contributed by atoms with van der Waals surface area (Å²) in [6, 6.07) is 16.9. The lowest BCUT2D eigenvalue weighted by Crippen LogP contribution is -2.27. The third kappa shape index (κ3) is 5.48. The summed E-state index contributed by atoms with van der Waals surface area (Å²) in [7, 11) is 1.36. The third-order valence-electron chi connectivity index (χ3n) is 5.63. The lowest BCUT2D eigenvalue weighted by Gasteiger charge is -2.19. The van der Waals surface area contributed by atoms with E-state index in [0.29, 0.717) is 23.6 Å². The summed E-state index contributed by atoms with van der Waals surface area (Å²) in [6.07, 6.45) is 1.87. The first kappa shape index (κ1) is 23.9. The van der Waals surface area contributed by atoms with Gasteiger partial charge in [0.1, 0.15) is 5.82 Å². The first-order valence-corrected chi connectivity index (χ1v) is 11.3. The van der Waals surface area contributed by atoms with Crippen LogP contribution in [-0.2, 0) is 16.1 Å². The molecule has 2 N–H and O–H groups in total.